The largest absolute Gasteiger partial charge is 0.492 e. The fourth-order valence-electron chi connectivity index (χ4n) is 2.93. The van der Waals surface area contributed by atoms with Crippen LogP contribution in [0.1, 0.15) is 11.1 Å². The topological polar surface area (TPSA) is 39.5 Å². The average molecular weight is 321 g/mol. The van der Waals surface area contributed by atoms with Crippen LogP contribution in [-0.2, 0) is 6.54 Å². The lowest BCUT2D eigenvalue weighted by molar-refractivity contribution is 0.112. The van der Waals surface area contributed by atoms with Crippen LogP contribution < -0.4 is 4.74 Å². The van der Waals surface area contributed by atoms with Crippen LogP contribution in [-0.4, -0.2) is 49.1 Å². The van der Waals surface area contributed by atoms with Crippen molar-refractivity contribution in [2.45, 2.75) is 6.54 Å². The first-order valence-corrected chi connectivity index (χ1v) is 8.45. The van der Waals surface area contributed by atoms with Gasteiger partial charge < -0.3 is 4.74 Å². The molecule has 0 N–H and O–H groups in total. The van der Waals surface area contributed by atoms with Gasteiger partial charge in [-0.15, -0.1) is 0 Å². The Balaban J connectivity index is 1.35. The molecular formula is C20H23N3O. The zero-order valence-corrected chi connectivity index (χ0v) is 13.9. The summed E-state index contributed by atoms with van der Waals surface area (Å²) in [5.41, 5.74) is 2.05. The number of rotatable bonds is 6. The van der Waals surface area contributed by atoms with Crippen LogP contribution >= 0.6 is 0 Å². The van der Waals surface area contributed by atoms with Crippen molar-refractivity contribution in [1.29, 1.82) is 5.26 Å². The second-order valence-electron chi connectivity index (χ2n) is 6.09. The Bertz CT molecular complexity index is 656. The van der Waals surface area contributed by atoms with Crippen LogP contribution in [0.5, 0.6) is 5.75 Å². The monoisotopic (exact) mass is 321 g/mol. The van der Waals surface area contributed by atoms with E-state index in [-0.39, 0.29) is 0 Å². The van der Waals surface area contributed by atoms with Crippen LogP contribution in [0.15, 0.2) is 54.6 Å². The van der Waals surface area contributed by atoms with Crippen molar-refractivity contribution in [3.63, 3.8) is 0 Å². The van der Waals surface area contributed by atoms with Crippen LogP contribution in [0, 0.1) is 11.3 Å². The van der Waals surface area contributed by atoms with Crippen molar-refractivity contribution >= 4 is 0 Å². The van der Waals surface area contributed by atoms with Crippen molar-refractivity contribution in [2.24, 2.45) is 0 Å². The van der Waals surface area contributed by atoms with Gasteiger partial charge in [-0.05, 0) is 29.8 Å². The molecule has 0 aliphatic carbocycles. The molecular weight excluding hydrogens is 298 g/mol. The molecule has 0 spiro atoms. The van der Waals surface area contributed by atoms with Gasteiger partial charge in [0.15, 0.2) is 0 Å². The molecule has 0 atom stereocenters. The fourth-order valence-corrected chi connectivity index (χ4v) is 2.93. The fraction of sp³-hybridized carbons (Fsp3) is 0.350. The van der Waals surface area contributed by atoms with Gasteiger partial charge in [0.2, 0.25) is 0 Å². The summed E-state index contributed by atoms with van der Waals surface area (Å²) in [6.07, 6.45) is 0. The Labute approximate surface area is 143 Å². The second-order valence-corrected chi connectivity index (χ2v) is 6.09. The van der Waals surface area contributed by atoms with Crippen molar-refractivity contribution in [2.75, 3.05) is 39.3 Å². The molecule has 24 heavy (non-hydrogen) atoms. The molecule has 4 heteroatoms. The number of piperazine rings is 1. The van der Waals surface area contributed by atoms with Crippen molar-refractivity contribution in [3.05, 3.63) is 65.7 Å². The molecule has 1 heterocycles. The Morgan fingerprint density at radius 1 is 0.875 bits per heavy atom. The van der Waals surface area contributed by atoms with E-state index in [2.05, 4.69) is 46.2 Å². The number of ether oxygens (including phenoxy) is 1. The molecule has 3 rings (SSSR count). The van der Waals surface area contributed by atoms with Crippen molar-refractivity contribution in [1.82, 2.24) is 9.80 Å². The van der Waals surface area contributed by atoms with Gasteiger partial charge in [-0.25, -0.2) is 0 Å². The zero-order chi connectivity index (χ0) is 16.6. The van der Waals surface area contributed by atoms with Gasteiger partial charge in [-0.3, -0.25) is 9.80 Å². The maximum atomic E-state index is 8.79. The highest BCUT2D eigenvalue weighted by atomic mass is 16.5. The predicted octanol–water partition coefficient (Wildman–Crippen LogP) is 2.75. The highest BCUT2D eigenvalue weighted by Crippen LogP contribution is 2.12. The number of hydrogen-bond acceptors (Lipinski definition) is 4. The summed E-state index contributed by atoms with van der Waals surface area (Å²) in [6.45, 7) is 7.05. The van der Waals surface area contributed by atoms with Gasteiger partial charge in [0.25, 0.3) is 0 Å². The smallest absolute Gasteiger partial charge is 0.119 e. The maximum Gasteiger partial charge on any atom is 0.119 e. The Morgan fingerprint density at radius 2 is 1.54 bits per heavy atom. The molecule has 0 amide bonds. The summed E-state index contributed by atoms with van der Waals surface area (Å²) >= 11 is 0. The van der Waals surface area contributed by atoms with E-state index < -0.39 is 0 Å². The minimum absolute atomic E-state index is 0.664. The van der Waals surface area contributed by atoms with Gasteiger partial charge in [0, 0.05) is 39.3 Å². The SMILES string of the molecule is N#Cc1ccc(OCCN2CCN(Cc3ccccc3)CC2)cc1. The van der Waals surface area contributed by atoms with Crippen LogP contribution in [0.25, 0.3) is 0 Å². The quantitative estimate of drug-likeness (QED) is 0.820. The van der Waals surface area contributed by atoms with E-state index in [1.807, 2.05) is 12.1 Å². The molecule has 1 aliphatic heterocycles. The van der Waals surface area contributed by atoms with Gasteiger partial charge >= 0.3 is 0 Å². The summed E-state index contributed by atoms with van der Waals surface area (Å²) in [6, 6.07) is 20.1. The van der Waals surface area contributed by atoms with E-state index in [0.717, 1.165) is 45.0 Å². The highest BCUT2D eigenvalue weighted by Gasteiger charge is 2.16. The lowest BCUT2D eigenvalue weighted by atomic mass is 10.2. The lowest BCUT2D eigenvalue weighted by Crippen LogP contribution is -2.47. The first kappa shape index (κ1) is 16.5. The molecule has 4 nitrogen and oxygen atoms in total. The molecule has 0 unspecified atom stereocenters. The van der Waals surface area contributed by atoms with E-state index in [0.29, 0.717) is 12.2 Å². The Kier molecular flexibility index (Phi) is 5.84. The molecule has 0 aromatic heterocycles. The first-order chi connectivity index (χ1) is 11.8. The van der Waals surface area contributed by atoms with Gasteiger partial charge in [-0.1, -0.05) is 30.3 Å². The zero-order valence-electron chi connectivity index (χ0n) is 13.9. The van der Waals surface area contributed by atoms with Gasteiger partial charge in [0.1, 0.15) is 12.4 Å². The maximum absolute atomic E-state index is 8.79. The Morgan fingerprint density at radius 3 is 2.21 bits per heavy atom. The van der Waals surface area contributed by atoms with Gasteiger partial charge in [0.05, 0.1) is 11.6 Å². The van der Waals surface area contributed by atoms with E-state index in [9.17, 15) is 0 Å². The standard InChI is InChI=1S/C20H23N3O/c21-16-18-6-8-20(9-7-18)24-15-14-22-10-12-23(13-11-22)17-19-4-2-1-3-5-19/h1-9H,10-15,17H2. The Hall–Kier alpha value is -2.35. The lowest BCUT2D eigenvalue weighted by Gasteiger charge is -2.34. The minimum Gasteiger partial charge on any atom is -0.492 e. The first-order valence-electron chi connectivity index (χ1n) is 8.45. The molecule has 1 aliphatic rings. The second kappa shape index (κ2) is 8.49. The normalized spacial score (nSPS) is 15.8. The van der Waals surface area contributed by atoms with Crippen LogP contribution in [0.4, 0.5) is 0 Å². The molecule has 1 fully saturated rings. The average Bonchev–Trinajstić information content (AvgIpc) is 2.65. The third-order valence-electron chi connectivity index (χ3n) is 4.37. The molecule has 2 aromatic carbocycles. The van der Waals surface area contributed by atoms with Crippen molar-refractivity contribution < 1.29 is 4.74 Å². The molecule has 2 aromatic rings. The summed E-state index contributed by atoms with van der Waals surface area (Å²) in [5.74, 6) is 0.830. The van der Waals surface area contributed by atoms with Crippen LogP contribution in [0.2, 0.25) is 0 Å². The number of nitriles is 1. The summed E-state index contributed by atoms with van der Waals surface area (Å²) in [4.78, 5) is 4.96. The van der Waals surface area contributed by atoms with E-state index in [4.69, 9.17) is 10.00 Å². The van der Waals surface area contributed by atoms with Crippen molar-refractivity contribution in [3.8, 4) is 11.8 Å². The molecule has 0 saturated carbocycles. The predicted molar refractivity (Wildman–Crippen MR) is 94.8 cm³/mol. The summed E-state index contributed by atoms with van der Waals surface area (Å²) < 4.78 is 5.77. The third kappa shape index (κ3) is 4.82. The molecule has 0 bridgehead atoms. The minimum atomic E-state index is 0.664. The molecule has 0 radical (unpaired) electrons. The third-order valence-corrected chi connectivity index (χ3v) is 4.37. The van der Waals surface area contributed by atoms with Crippen LogP contribution in [0.3, 0.4) is 0 Å². The summed E-state index contributed by atoms with van der Waals surface area (Å²) in [7, 11) is 0. The van der Waals surface area contributed by atoms with E-state index in [1.54, 1.807) is 12.1 Å². The van der Waals surface area contributed by atoms with E-state index in [1.165, 1.54) is 5.56 Å². The number of nitrogens with zero attached hydrogens (tertiary/aromatic N) is 3. The molecule has 1 saturated heterocycles. The highest BCUT2D eigenvalue weighted by molar-refractivity contribution is 5.34. The molecule has 124 valence electrons. The summed E-state index contributed by atoms with van der Waals surface area (Å²) in [5, 5.41) is 8.79. The number of hydrogen-bond donors (Lipinski definition) is 0. The van der Waals surface area contributed by atoms with Gasteiger partial charge in [-0.2, -0.15) is 5.26 Å². The van der Waals surface area contributed by atoms with E-state index >= 15 is 0 Å². The number of benzene rings is 2.